The molecule has 0 aromatic carbocycles. The number of aromatic nitrogens is 1. The fourth-order valence-electron chi connectivity index (χ4n) is 1.98. The summed E-state index contributed by atoms with van der Waals surface area (Å²) in [6.07, 6.45) is 4.23. The van der Waals surface area contributed by atoms with E-state index in [1.807, 2.05) is 19.1 Å². The molecule has 18 heavy (non-hydrogen) atoms. The van der Waals surface area contributed by atoms with E-state index in [2.05, 4.69) is 4.98 Å². The van der Waals surface area contributed by atoms with Crippen LogP contribution in [0.25, 0.3) is 0 Å². The number of nitrogens with zero attached hydrogens (tertiary/aromatic N) is 2. The number of hydrogen-bond acceptors (Lipinski definition) is 3. The van der Waals surface area contributed by atoms with Gasteiger partial charge >= 0.3 is 5.97 Å². The topological polar surface area (TPSA) is 70.5 Å². The lowest BCUT2D eigenvalue weighted by Crippen LogP contribution is -2.40. The molecule has 1 aliphatic rings. The Morgan fingerprint density at radius 3 is 2.44 bits per heavy atom. The van der Waals surface area contributed by atoms with Crippen LogP contribution in [-0.4, -0.2) is 33.4 Å². The Morgan fingerprint density at radius 1 is 1.39 bits per heavy atom. The van der Waals surface area contributed by atoms with Crippen molar-refractivity contribution < 1.29 is 14.7 Å². The minimum absolute atomic E-state index is 0.269. The summed E-state index contributed by atoms with van der Waals surface area (Å²) in [7, 11) is 0. The Balaban J connectivity index is 2.10. The molecule has 1 N–H and O–H groups in total. The first-order chi connectivity index (χ1) is 8.60. The van der Waals surface area contributed by atoms with E-state index < -0.39 is 11.4 Å². The van der Waals surface area contributed by atoms with Gasteiger partial charge in [0.25, 0.3) is 0 Å². The van der Waals surface area contributed by atoms with Crippen LogP contribution in [-0.2, 0) is 16.1 Å². The highest BCUT2D eigenvalue weighted by atomic mass is 16.4. The van der Waals surface area contributed by atoms with Crippen molar-refractivity contribution in [1.82, 2.24) is 9.88 Å². The number of amides is 1. The summed E-state index contributed by atoms with van der Waals surface area (Å²) in [6.45, 7) is 2.81. The minimum atomic E-state index is -1.15. The Labute approximate surface area is 105 Å². The van der Waals surface area contributed by atoms with Gasteiger partial charge in [-0.3, -0.25) is 14.6 Å². The molecule has 0 bridgehead atoms. The predicted octanol–water partition coefficient (Wildman–Crippen LogP) is 1.29. The van der Waals surface area contributed by atoms with Crippen molar-refractivity contribution in [2.75, 3.05) is 6.54 Å². The molecule has 0 atom stereocenters. The Bertz CT molecular complexity index is 455. The SMILES string of the molecule is CCN(Cc1ccncc1)C(=O)C1(C(=O)O)CC1. The van der Waals surface area contributed by atoms with Crippen LogP contribution < -0.4 is 0 Å². The van der Waals surface area contributed by atoms with Crippen LogP contribution in [0, 0.1) is 5.41 Å². The number of carbonyl (C=O) groups excluding carboxylic acids is 1. The summed E-state index contributed by atoms with van der Waals surface area (Å²) in [5, 5.41) is 9.13. The second-order valence-electron chi connectivity index (χ2n) is 4.56. The summed E-state index contributed by atoms with van der Waals surface area (Å²) in [5.74, 6) is -1.27. The molecule has 5 nitrogen and oxygen atoms in total. The first-order valence-corrected chi connectivity index (χ1v) is 6.02. The van der Waals surface area contributed by atoms with Crippen molar-refractivity contribution in [3.8, 4) is 0 Å². The summed E-state index contributed by atoms with van der Waals surface area (Å²) < 4.78 is 0. The molecule has 1 heterocycles. The van der Waals surface area contributed by atoms with E-state index in [-0.39, 0.29) is 5.91 Å². The van der Waals surface area contributed by atoms with Crippen molar-refractivity contribution >= 4 is 11.9 Å². The Hall–Kier alpha value is -1.91. The largest absolute Gasteiger partial charge is 0.480 e. The van der Waals surface area contributed by atoms with E-state index in [4.69, 9.17) is 5.11 Å². The van der Waals surface area contributed by atoms with Gasteiger partial charge in [0.2, 0.25) is 5.91 Å². The lowest BCUT2D eigenvalue weighted by molar-refractivity contribution is -0.153. The van der Waals surface area contributed by atoms with Crippen molar-refractivity contribution in [3.05, 3.63) is 30.1 Å². The van der Waals surface area contributed by atoms with Crippen LogP contribution >= 0.6 is 0 Å². The molecule has 0 unspecified atom stereocenters. The molecule has 1 fully saturated rings. The van der Waals surface area contributed by atoms with Crippen molar-refractivity contribution in [2.45, 2.75) is 26.3 Å². The molecular formula is C13H16N2O3. The van der Waals surface area contributed by atoms with Gasteiger partial charge in [-0.1, -0.05) is 0 Å². The van der Waals surface area contributed by atoms with Crippen LogP contribution in [0.2, 0.25) is 0 Å². The van der Waals surface area contributed by atoms with E-state index >= 15 is 0 Å². The molecule has 96 valence electrons. The first kappa shape index (κ1) is 12.5. The molecule has 0 spiro atoms. The highest BCUT2D eigenvalue weighted by Gasteiger charge is 2.58. The Kier molecular flexibility index (Phi) is 3.32. The third-order valence-corrected chi connectivity index (χ3v) is 3.36. The highest BCUT2D eigenvalue weighted by molar-refractivity contribution is 6.04. The zero-order chi connectivity index (χ0) is 13.2. The molecule has 1 aromatic heterocycles. The van der Waals surface area contributed by atoms with Gasteiger partial charge in [0, 0.05) is 25.5 Å². The number of carbonyl (C=O) groups is 2. The maximum absolute atomic E-state index is 12.2. The third-order valence-electron chi connectivity index (χ3n) is 3.36. The molecule has 1 saturated carbocycles. The monoisotopic (exact) mass is 248 g/mol. The van der Waals surface area contributed by atoms with Crippen LogP contribution in [0.4, 0.5) is 0 Å². The molecular weight excluding hydrogens is 232 g/mol. The molecule has 0 saturated heterocycles. The lowest BCUT2D eigenvalue weighted by atomic mass is 10.1. The van der Waals surface area contributed by atoms with Crippen molar-refractivity contribution in [1.29, 1.82) is 0 Å². The van der Waals surface area contributed by atoms with E-state index in [9.17, 15) is 9.59 Å². The molecule has 0 radical (unpaired) electrons. The lowest BCUT2D eigenvalue weighted by Gasteiger charge is -2.24. The summed E-state index contributed by atoms with van der Waals surface area (Å²) in [6, 6.07) is 3.66. The van der Waals surface area contributed by atoms with Gasteiger partial charge in [-0.2, -0.15) is 0 Å². The predicted molar refractivity (Wildman–Crippen MR) is 64.6 cm³/mol. The van der Waals surface area contributed by atoms with Gasteiger partial charge in [-0.25, -0.2) is 0 Å². The van der Waals surface area contributed by atoms with E-state index in [1.54, 1.807) is 17.3 Å². The minimum Gasteiger partial charge on any atom is -0.480 e. The maximum Gasteiger partial charge on any atom is 0.319 e. The van der Waals surface area contributed by atoms with E-state index in [1.165, 1.54) is 0 Å². The summed E-state index contributed by atoms with van der Waals surface area (Å²) >= 11 is 0. The van der Waals surface area contributed by atoms with Gasteiger partial charge in [0.15, 0.2) is 0 Å². The summed E-state index contributed by atoms with van der Waals surface area (Å²) in [4.78, 5) is 28.9. The maximum atomic E-state index is 12.2. The molecule has 2 rings (SSSR count). The van der Waals surface area contributed by atoms with Gasteiger partial charge in [0.05, 0.1) is 0 Å². The van der Waals surface area contributed by atoms with Crippen molar-refractivity contribution in [2.24, 2.45) is 5.41 Å². The van der Waals surface area contributed by atoms with Gasteiger partial charge in [-0.05, 0) is 37.5 Å². The number of pyridine rings is 1. The normalized spacial score (nSPS) is 16.1. The zero-order valence-electron chi connectivity index (χ0n) is 10.3. The van der Waals surface area contributed by atoms with Crippen LogP contribution in [0.15, 0.2) is 24.5 Å². The average Bonchev–Trinajstić information content (AvgIpc) is 3.18. The van der Waals surface area contributed by atoms with E-state index in [0.29, 0.717) is 25.9 Å². The molecule has 0 aliphatic heterocycles. The zero-order valence-corrected chi connectivity index (χ0v) is 10.3. The fourth-order valence-corrected chi connectivity index (χ4v) is 1.98. The number of carboxylic acids is 1. The van der Waals surface area contributed by atoms with Gasteiger partial charge in [-0.15, -0.1) is 0 Å². The second-order valence-corrected chi connectivity index (χ2v) is 4.56. The highest BCUT2D eigenvalue weighted by Crippen LogP contribution is 2.47. The molecule has 1 amide bonds. The standard InChI is InChI=1S/C13H16N2O3/c1-2-15(9-10-3-7-14-8-4-10)11(16)13(5-6-13)12(17)18/h3-4,7-8H,2,5-6,9H2,1H3,(H,17,18). The fraction of sp³-hybridized carbons (Fsp3) is 0.462. The van der Waals surface area contributed by atoms with Crippen LogP contribution in [0.1, 0.15) is 25.3 Å². The molecule has 1 aromatic rings. The number of aliphatic carboxylic acids is 1. The second kappa shape index (κ2) is 4.76. The number of rotatable bonds is 5. The number of carboxylic acid groups (broad SMARTS) is 1. The summed E-state index contributed by atoms with van der Waals surface area (Å²) in [5.41, 5.74) is -0.190. The first-order valence-electron chi connectivity index (χ1n) is 6.02. The van der Waals surface area contributed by atoms with Crippen molar-refractivity contribution in [3.63, 3.8) is 0 Å². The molecule has 1 aliphatic carbocycles. The van der Waals surface area contributed by atoms with Gasteiger partial charge in [0.1, 0.15) is 5.41 Å². The van der Waals surface area contributed by atoms with Crippen LogP contribution in [0.3, 0.4) is 0 Å². The average molecular weight is 248 g/mol. The van der Waals surface area contributed by atoms with E-state index in [0.717, 1.165) is 5.56 Å². The van der Waals surface area contributed by atoms with Crippen LogP contribution in [0.5, 0.6) is 0 Å². The number of hydrogen-bond donors (Lipinski definition) is 1. The smallest absolute Gasteiger partial charge is 0.319 e. The Morgan fingerprint density at radius 2 is 2.00 bits per heavy atom. The molecule has 5 heteroatoms. The quantitative estimate of drug-likeness (QED) is 0.797. The third kappa shape index (κ3) is 2.20. The van der Waals surface area contributed by atoms with Gasteiger partial charge < -0.3 is 10.0 Å².